The summed E-state index contributed by atoms with van der Waals surface area (Å²) in [6.07, 6.45) is 3.18. The first kappa shape index (κ1) is 14.2. The smallest absolute Gasteiger partial charge is 0.257 e. The zero-order valence-electron chi connectivity index (χ0n) is 11.8. The van der Waals surface area contributed by atoms with Crippen LogP contribution in [-0.2, 0) is 11.2 Å². The van der Waals surface area contributed by atoms with Crippen molar-refractivity contribution in [2.75, 3.05) is 5.32 Å². The minimum atomic E-state index is 0.0313. The van der Waals surface area contributed by atoms with Crippen molar-refractivity contribution in [2.24, 2.45) is 0 Å². The normalized spacial score (nSPS) is 10.5. The lowest BCUT2D eigenvalue weighted by Gasteiger charge is -2.05. The number of benzene rings is 1. The van der Waals surface area contributed by atoms with Crippen LogP contribution in [0.2, 0.25) is 0 Å². The van der Waals surface area contributed by atoms with E-state index >= 15 is 0 Å². The Kier molecular flexibility index (Phi) is 4.87. The molecule has 0 aliphatic heterocycles. The summed E-state index contributed by atoms with van der Waals surface area (Å²) in [6, 6.07) is 7.44. The lowest BCUT2D eigenvalue weighted by molar-refractivity contribution is -0.116. The Bertz CT molecular complexity index is 578. The van der Waals surface area contributed by atoms with E-state index in [9.17, 15) is 4.79 Å². The first-order valence-corrected chi connectivity index (χ1v) is 6.95. The Morgan fingerprint density at radius 1 is 1.35 bits per heavy atom. The number of carbonyl (C=O) groups excluding carboxylic acids is 1. The number of nitrogens with one attached hydrogen (secondary N) is 1. The third kappa shape index (κ3) is 3.66. The minimum Gasteiger partial charge on any atom is -0.334 e. The van der Waals surface area contributed by atoms with Gasteiger partial charge in [-0.15, -0.1) is 0 Å². The summed E-state index contributed by atoms with van der Waals surface area (Å²) in [5, 5.41) is 6.75. The van der Waals surface area contributed by atoms with E-state index in [2.05, 4.69) is 22.4 Å². The maximum absolute atomic E-state index is 11.7. The van der Waals surface area contributed by atoms with Crippen molar-refractivity contribution >= 4 is 11.6 Å². The van der Waals surface area contributed by atoms with Gasteiger partial charge in [0.1, 0.15) is 0 Å². The summed E-state index contributed by atoms with van der Waals surface area (Å²) < 4.78 is 5.19. The number of aromatic nitrogens is 2. The largest absolute Gasteiger partial charge is 0.334 e. The molecule has 20 heavy (non-hydrogen) atoms. The maximum atomic E-state index is 11.7. The fourth-order valence-electron chi connectivity index (χ4n) is 1.81. The number of rotatable bonds is 6. The summed E-state index contributed by atoms with van der Waals surface area (Å²) in [6.45, 7) is 4.04. The molecule has 0 saturated carbocycles. The van der Waals surface area contributed by atoms with Crippen molar-refractivity contribution in [2.45, 2.75) is 39.5 Å². The van der Waals surface area contributed by atoms with Crippen LogP contribution in [0.25, 0.3) is 11.5 Å². The molecule has 0 fully saturated rings. The fraction of sp³-hybridized carbons (Fsp3) is 0.400. The summed E-state index contributed by atoms with van der Waals surface area (Å²) in [5.41, 5.74) is 1.56. The molecule has 1 amide bonds. The van der Waals surface area contributed by atoms with Gasteiger partial charge in [0.15, 0.2) is 5.82 Å². The molecule has 2 rings (SSSR count). The number of aryl methyl sites for hydroxylation is 1. The number of hydrogen-bond donors (Lipinski definition) is 1. The highest BCUT2D eigenvalue weighted by atomic mass is 16.5. The average molecular weight is 273 g/mol. The minimum absolute atomic E-state index is 0.0313. The molecule has 0 atom stereocenters. The Balaban J connectivity index is 2.09. The third-order valence-electron chi connectivity index (χ3n) is 2.93. The number of anilines is 1. The first-order chi connectivity index (χ1) is 9.72. The van der Waals surface area contributed by atoms with Gasteiger partial charge in [-0.3, -0.25) is 4.79 Å². The number of amides is 1. The third-order valence-corrected chi connectivity index (χ3v) is 2.93. The summed E-state index contributed by atoms with van der Waals surface area (Å²) in [5.74, 6) is 1.19. The van der Waals surface area contributed by atoms with Crippen molar-refractivity contribution < 1.29 is 9.32 Å². The molecule has 106 valence electrons. The van der Waals surface area contributed by atoms with Crippen LogP contribution in [-0.4, -0.2) is 16.0 Å². The predicted octanol–water partition coefficient (Wildman–Crippen LogP) is 3.43. The van der Waals surface area contributed by atoms with Gasteiger partial charge in [0.25, 0.3) is 5.89 Å². The Morgan fingerprint density at radius 2 is 2.20 bits per heavy atom. The molecule has 5 nitrogen and oxygen atoms in total. The van der Waals surface area contributed by atoms with E-state index in [1.54, 1.807) is 0 Å². The molecule has 1 aromatic heterocycles. The van der Waals surface area contributed by atoms with E-state index in [-0.39, 0.29) is 5.91 Å². The van der Waals surface area contributed by atoms with Crippen molar-refractivity contribution in [3.8, 4) is 11.5 Å². The molecule has 2 aromatic rings. The molecule has 0 radical (unpaired) electrons. The lowest BCUT2D eigenvalue weighted by atomic mass is 10.2. The van der Waals surface area contributed by atoms with Crippen LogP contribution in [0, 0.1) is 0 Å². The van der Waals surface area contributed by atoms with Gasteiger partial charge in [0.2, 0.25) is 5.91 Å². The number of unbranched alkanes of at least 4 members (excludes halogenated alkanes) is 1. The molecule has 1 N–H and O–H groups in total. The van der Waals surface area contributed by atoms with Crippen LogP contribution in [0.4, 0.5) is 5.69 Å². The average Bonchev–Trinajstić information content (AvgIpc) is 2.94. The fourth-order valence-corrected chi connectivity index (χ4v) is 1.81. The van der Waals surface area contributed by atoms with Gasteiger partial charge in [-0.1, -0.05) is 31.5 Å². The Labute approximate surface area is 118 Å². The molecule has 0 unspecified atom stereocenters. The zero-order chi connectivity index (χ0) is 14.4. The number of hydrogen-bond acceptors (Lipinski definition) is 4. The van der Waals surface area contributed by atoms with Gasteiger partial charge >= 0.3 is 0 Å². The van der Waals surface area contributed by atoms with Crippen LogP contribution < -0.4 is 5.32 Å². The highest BCUT2D eigenvalue weighted by Crippen LogP contribution is 2.21. The highest BCUT2D eigenvalue weighted by Gasteiger charge is 2.09. The second-order valence-corrected chi connectivity index (χ2v) is 4.60. The number of nitrogens with zero attached hydrogens (tertiary/aromatic N) is 2. The molecular formula is C15H19N3O2. The van der Waals surface area contributed by atoms with Crippen molar-refractivity contribution in [1.29, 1.82) is 0 Å². The second-order valence-electron chi connectivity index (χ2n) is 4.60. The van der Waals surface area contributed by atoms with Gasteiger partial charge in [0.05, 0.1) is 0 Å². The summed E-state index contributed by atoms with van der Waals surface area (Å²) >= 11 is 0. The highest BCUT2D eigenvalue weighted by molar-refractivity contribution is 5.91. The van der Waals surface area contributed by atoms with E-state index in [1.165, 1.54) is 0 Å². The molecule has 1 aromatic carbocycles. The summed E-state index contributed by atoms with van der Waals surface area (Å²) in [7, 11) is 0. The molecule has 0 aliphatic carbocycles. The molecular weight excluding hydrogens is 254 g/mol. The van der Waals surface area contributed by atoms with Crippen molar-refractivity contribution in [3.63, 3.8) is 0 Å². The van der Waals surface area contributed by atoms with Crippen molar-refractivity contribution in [1.82, 2.24) is 10.1 Å². The van der Waals surface area contributed by atoms with E-state index in [4.69, 9.17) is 4.52 Å². The monoisotopic (exact) mass is 273 g/mol. The van der Waals surface area contributed by atoms with Crippen LogP contribution in [0.3, 0.4) is 0 Å². The van der Waals surface area contributed by atoms with Crippen LogP contribution >= 0.6 is 0 Å². The molecule has 1 heterocycles. The Hall–Kier alpha value is -2.17. The molecule has 5 heteroatoms. The molecule has 0 bridgehead atoms. The quantitative estimate of drug-likeness (QED) is 0.875. The maximum Gasteiger partial charge on any atom is 0.257 e. The van der Waals surface area contributed by atoms with Crippen LogP contribution in [0.15, 0.2) is 28.8 Å². The van der Waals surface area contributed by atoms with E-state index in [0.717, 1.165) is 30.5 Å². The van der Waals surface area contributed by atoms with Gasteiger partial charge < -0.3 is 9.84 Å². The first-order valence-electron chi connectivity index (χ1n) is 6.95. The van der Waals surface area contributed by atoms with Gasteiger partial charge in [-0.25, -0.2) is 0 Å². The van der Waals surface area contributed by atoms with Crippen LogP contribution in [0.5, 0.6) is 0 Å². The Morgan fingerprint density at radius 3 is 2.90 bits per heavy atom. The zero-order valence-corrected chi connectivity index (χ0v) is 11.8. The topological polar surface area (TPSA) is 68.0 Å². The molecule has 0 spiro atoms. The van der Waals surface area contributed by atoms with Crippen LogP contribution in [0.1, 0.15) is 38.9 Å². The standard InChI is InChI=1S/C15H19N3O2/c1-3-5-9-14(19)16-12-8-6-7-11(10-12)15-17-13(4-2)18-20-15/h6-8,10H,3-5,9H2,1-2H3,(H,16,19). The second kappa shape index (κ2) is 6.84. The van der Waals surface area contributed by atoms with E-state index in [0.29, 0.717) is 18.1 Å². The summed E-state index contributed by atoms with van der Waals surface area (Å²) in [4.78, 5) is 16.0. The van der Waals surface area contributed by atoms with E-state index in [1.807, 2.05) is 31.2 Å². The molecule has 0 saturated heterocycles. The van der Waals surface area contributed by atoms with Crippen molar-refractivity contribution in [3.05, 3.63) is 30.1 Å². The lowest BCUT2D eigenvalue weighted by Crippen LogP contribution is -2.10. The van der Waals surface area contributed by atoms with E-state index < -0.39 is 0 Å². The predicted molar refractivity (Wildman–Crippen MR) is 77.3 cm³/mol. The SMILES string of the molecule is CCCCC(=O)Nc1cccc(-c2nc(CC)no2)c1. The van der Waals surface area contributed by atoms with Gasteiger partial charge in [0, 0.05) is 24.1 Å². The molecule has 0 aliphatic rings. The van der Waals surface area contributed by atoms with Gasteiger partial charge in [-0.05, 0) is 24.6 Å². The number of carbonyl (C=O) groups is 1. The van der Waals surface area contributed by atoms with Gasteiger partial charge in [-0.2, -0.15) is 4.98 Å².